The van der Waals surface area contributed by atoms with Crippen LogP contribution in [-0.2, 0) is 9.53 Å². The number of aliphatic hydroxyl groups is 1. The maximum absolute atomic E-state index is 12.1. The number of carbonyl (C=O) groups is 1. The van der Waals surface area contributed by atoms with Crippen molar-refractivity contribution in [3.8, 4) is 0 Å². The molecular formula is C12H22N2O3. The Kier molecular flexibility index (Phi) is 4.36. The second kappa shape index (κ2) is 5.80. The molecule has 2 unspecified atom stereocenters. The molecular weight excluding hydrogens is 220 g/mol. The first-order valence-corrected chi connectivity index (χ1v) is 6.46. The van der Waals surface area contributed by atoms with Crippen LogP contribution in [0, 0.1) is 5.92 Å². The Labute approximate surface area is 102 Å². The van der Waals surface area contributed by atoms with E-state index in [0.717, 1.165) is 25.7 Å². The molecule has 1 aliphatic carbocycles. The zero-order chi connectivity index (χ0) is 12.3. The number of hydrogen-bond donors (Lipinski definition) is 3. The van der Waals surface area contributed by atoms with E-state index in [0.29, 0.717) is 13.2 Å². The Hall–Kier alpha value is -0.650. The molecule has 17 heavy (non-hydrogen) atoms. The highest BCUT2D eigenvalue weighted by Gasteiger charge is 2.35. The van der Waals surface area contributed by atoms with E-state index in [-0.39, 0.29) is 30.0 Å². The minimum Gasteiger partial charge on any atom is -0.391 e. The molecule has 4 atom stereocenters. The molecule has 1 saturated carbocycles. The van der Waals surface area contributed by atoms with Gasteiger partial charge in [-0.2, -0.15) is 0 Å². The summed E-state index contributed by atoms with van der Waals surface area (Å²) in [7, 11) is 1.84. The zero-order valence-corrected chi connectivity index (χ0v) is 10.3. The van der Waals surface area contributed by atoms with Gasteiger partial charge in [-0.15, -0.1) is 0 Å². The van der Waals surface area contributed by atoms with Crippen LogP contribution < -0.4 is 10.6 Å². The van der Waals surface area contributed by atoms with Crippen LogP contribution in [0.5, 0.6) is 0 Å². The SMILES string of the molecule is CNC1COCC1C(=O)N[C@H]1CCCC[C@@H]1O. The van der Waals surface area contributed by atoms with Gasteiger partial charge in [-0.3, -0.25) is 4.79 Å². The summed E-state index contributed by atoms with van der Waals surface area (Å²) < 4.78 is 5.31. The van der Waals surface area contributed by atoms with Crippen LogP contribution in [0.15, 0.2) is 0 Å². The van der Waals surface area contributed by atoms with Gasteiger partial charge in [0.2, 0.25) is 5.91 Å². The van der Waals surface area contributed by atoms with Gasteiger partial charge in [0.05, 0.1) is 31.3 Å². The van der Waals surface area contributed by atoms with Gasteiger partial charge >= 0.3 is 0 Å². The fourth-order valence-electron chi connectivity index (χ4n) is 2.67. The van der Waals surface area contributed by atoms with Crippen LogP contribution in [0.2, 0.25) is 0 Å². The molecule has 5 nitrogen and oxygen atoms in total. The first kappa shape index (κ1) is 12.8. The van der Waals surface area contributed by atoms with E-state index in [2.05, 4.69) is 10.6 Å². The topological polar surface area (TPSA) is 70.6 Å². The van der Waals surface area contributed by atoms with E-state index in [1.54, 1.807) is 0 Å². The van der Waals surface area contributed by atoms with Crippen molar-refractivity contribution in [3.05, 3.63) is 0 Å². The highest BCUT2D eigenvalue weighted by Crippen LogP contribution is 2.20. The lowest BCUT2D eigenvalue weighted by atomic mass is 9.91. The minimum absolute atomic E-state index is 0.00722. The van der Waals surface area contributed by atoms with E-state index in [4.69, 9.17) is 4.74 Å². The zero-order valence-electron chi connectivity index (χ0n) is 10.3. The third-order valence-electron chi connectivity index (χ3n) is 3.85. The molecule has 2 fully saturated rings. The predicted molar refractivity (Wildman–Crippen MR) is 63.6 cm³/mol. The second-order valence-corrected chi connectivity index (χ2v) is 5.01. The lowest BCUT2D eigenvalue weighted by Gasteiger charge is -2.29. The maximum atomic E-state index is 12.1. The van der Waals surface area contributed by atoms with Crippen LogP contribution in [0.1, 0.15) is 25.7 Å². The lowest BCUT2D eigenvalue weighted by Crippen LogP contribution is -2.50. The van der Waals surface area contributed by atoms with Crippen LogP contribution in [-0.4, -0.2) is 49.5 Å². The molecule has 0 bridgehead atoms. The van der Waals surface area contributed by atoms with Crippen LogP contribution in [0.3, 0.4) is 0 Å². The smallest absolute Gasteiger partial charge is 0.227 e. The molecule has 5 heteroatoms. The maximum Gasteiger partial charge on any atom is 0.227 e. The Bertz CT molecular complexity index is 272. The van der Waals surface area contributed by atoms with Gasteiger partial charge in [-0.1, -0.05) is 12.8 Å². The summed E-state index contributed by atoms with van der Waals surface area (Å²) in [5, 5.41) is 15.9. The Morgan fingerprint density at radius 3 is 2.71 bits per heavy atom. The van der Waals surface area contributed by atoms with Crippen molar-refractivity contribution in [3.63, 3.8) is 0 Å². The number of likely N-dealkylation sites (N-methyl/N-ethyl adjacent to an activating group) is 1. The van der Waals surface area contributed by atoms with Crippen molar-refractivity contribution in [2.75, 3.05) is 20.3 Å². The molecule has 98 valence electrons. The summed E-state index contributed by atoms with van der Waals surface area (Å²) >= 11 is 0. The summed E-state index contributed by atoms with van der Waals surface area (Å²) in [6.45, 7) is 1.06. The molecule has 0 aromatic heterocycles. The fraction of sp³-hybridized carbons (Fsp3) is 0.917. The number of hydrogen-bond acceptors (Lipinski definition) is 4. The molecule has 1 saturated heterocycles. The van der Waals surface area contributed by atoms with Gasteiger partial charge in [0.1, 0.15) is 0 Å². The van der Waals surface area contributed by atoms with Gasteiger partial charge in [-0.05, 0) is 19.9 Å². The van der Waals surface area contributed by atoms with E-state index >= 15 is 0 Å². The Balaban J connectivity index is 1.87. The van der Waals surface area contributed by atoms with Crippen LogP contribution in [0.25, 0.3) is 0 Å². The summed E-state index contributed by atoms with van der Waals surface area (Å²) in [6, 6.07) is 0.0186. The quantitative estimate of drug-likeness (QED) is 0.632. The van der Waals surface area contributed by atoms with E-state index in [1.165, 1.54) is 0 Å². The van der Waals surface area contributed by atoms with Gasteiger partial charge in [0.25, 0.3) is 0 Å². The van der Waals surface area contributed by atoms with Crippen LogP contribution in [0.4, 0.5) is 0 Å². The minimum atomic E-state index is -0.386. The highest BCUT2D eigenvalue weighted by atomic mass is 16.5. The molecule has 0 aromatic carbocycles. The molecule has 3 N–H and O–H groups in total. The number of ether oxygens (including phenoxy) is 1. The van der Waals surface area contributed by atoms with E-state index in [9.17, 15) is 9.90 Å². The normalized spacial score (nSPS) is 38.0. The summed E-state index contributed by atoms with van der Waals surface area (Å²) in [5.41, 5.74) is 0. The Morgan fingerprint density at radius 1 is 1.24 bits per heavy atom. The summed E-state index contributed by atoms with van der Waals surface area (Å²) in [4.78, 5) is 12.1. The standard InChI is InChI=1S/C12H22N2O3/c1-13-10-7-17-6-8(10)12(16)14-9-4-2-3-5-11(9)15/h8-11,13,15H,2-7H2,1H3,(H,14,16)/t8?,9-,10?,11-/m0/s1. The molecule has 1 heterocycles. The molecule has 0 radical (unpaired) electrons. The molecule has 2 rings (SSSR count). The van der Waals surface area contributed by atoms with Gasteiger partial charge < -0.3 is 20.5 Å². The van der Waals surface area contributed by atoms with Gasteiger partial charge in [0, 0.05) is 6.04 Å². The monoisotopic (exact) mass is 242 g/mol. The van der Waals surface area contributed by atoms with Crippen molar-refractivity contribution < 1.29 is 14.6 Å². The molecule has 0 aromatic rings. The van der Waals surface area contributed by atoms with Gasteiger partial charge in [0.15, 0.2) is 0 Å². The fourth-order valence-corrected chi connectivity index (χ4v) is 2.67. The average molecular weight is 242 g/mol. The summed E-state index contributed by atoms with van der Waals surface area (Å²) in [6.07, 6.45) is 3.42. The predicted octanol–water partition coefficient (Wildman–Crippen LogP) is -0.359. The second-order valence-electron chi connectivity index (χ2n) is 5.01. The first-order chi connectivity index (χ1) is 8.22. The van der Waals surface area contributed by atoms with Crippen LogP contribution >= 0.6 is 0 Å². The number of aliphatic hydroxyl groups excluding tert-OH is 1. The van der Waals surface area contributed by atoms with Gasteiger partial charge in [-0.25, -0.2) is 0 Å². The van der Waals surface area contributed by atoms with E-state index in [1.807, 2.05) is 7.05 Å². The first-order valence-electron chi connectivity index (χ1n) is 6.46. The van der Waals surface area contributed by atoms with Crippen molar-refractivity contribution in [1.29, 1.82) is 0 Å². The highest BCUT2D eigenvalue weighted by molar-refractivity contribution is 5.80. The third kappa shape index (κ3) is 2.97. The largest absolute Gasteiger partial charge is 0.391 e. The van der Waals surface area contributed by atoms with Crippen molar-refractivity contribution in [1.82, 2.24) is 10.6 Å². The number of nitrogens with one attached hydrogen (secondary N) is 2. The van der Waals surface area contributed by atoms with Crippen molar-refractivity contribution >= 4 is 5.91 Å². The average Bonchev–Trinajstić information content (AvgIpc) is 2.80. The van der Waals surface area contributed by atoms with Crippen molar-refractivity contribution in [2.45, 2.75) is 43.9 Å². The molecule has 1 aliphatic heterocycles. The number of amides is 1. The number of rotatable bonds is 3. The Morgan fingerprint density at radius 2 is 2.00 bits per heavy atom. The summed E-state index contributed by atoms with van der Waals surface area (Å²) in [5.74, 6) is -0.123. The molecule has 1 amide bonds. The lowest BCUT2D eigenvalue weighted by molar-refractivity contribution is -0.127. The van der Waals surface area contributed by atoms with E-state index < -0.39 is 0 Å². The third-order valence-corrected chi connectivity index (χ3v) is 3.85. The van der Waals surface area contributed by atoms with Crippen molar-refractivity contribution in [2.24, 2.45) is 5.92 Å². The number of carbonyl (C=O) groups excluding carboxylic acids is 1. The molecule has 2 aliphatic rings. The molecule has 0 spiro atoms.